The number of nitrogens with zero attached hydrogens (tertiary/aromatic N) is 3. The maximum atomic E-state index is 8.93. The van der Waals surface area contributed by atoms with Crippen molar-refractivity contribution in [2.45, 2.75) is 20.0 Å². The zero-order chi connectivity index (χ0) is 13.7. The van der Waals surface area contributed by atoms with E-state index in [-0.39, 0.29) is 11.8 Å². The van der Waals surface area contributed by atoms with Crippen molar-refractivity contribution >= 4 is 11.5 Å². The molecule has 0 saturated carbocycles. The molecule has 1 aromatic heterocycles. The summed E-state index contributed by atoms with van der Waals surface area (Å²) in [5.41, 5.74) is 1.10. The summed E-state index contributed by atoms with van der Waals surface area (Å²) >= 11 is 0. The predicted molar refractivity (Wildman–Crippen MR) is 72.2 cm³/mol. The van der Waals surface area contributed by atoms with Crippen LogP contribution >= 0.6 is 0 Å². The third-order valence-electron chi connectivity index (χ3n) is 2.29. The minimum Gasteiger partial charge on any atom is -0.491 e. The van der Waals surface area contributed by atoms with Crippen molar-refractivity contribution in [3.63, 3.8) is 0 Å². The lowest BCUT2D eigenvalue weighted by molar-refractivity contribution is 0.242. The molecule has 0 saturated heterocycles. The Hall–Kier alpha value is -2.61. The Balaban J connectivity index is 2.13. The average Bonchev–Trinajstić information content (AvgIpc) is 2.41. The van der Waals surface area contributed by atoms with Gasteiger partial charge in [0.05, 0.1) is 6.10 Å². The second-order valence-electron chi connectivity index (χ2n) is 4.18. The monoisotopic (exact) mass is 254 g/mol. The van der Waals surface area contributed by atoms with Crippen LogP contribution in [0, 0.1) is 11.3 Å². The lowest BCUT2D eigenvalue weighted by Gasteiger charge is -2.11. The molecule has 0 fully saturated rings. The number of hydrogen-bond donors (Lipinski definition) is 1. The lowest BCUT2D eigenvalue weighted by atomic mass is 10.3. The van der Waals surface area contributed by atoms with Gasteiger partial charge in [-0.3, -0.25) is 0 Å². The van der Waals surface area contributed by atoms with E-state index in [0.29, 0.717) is 5.82 Å². The number of aromatic nitrogens is 2. The molecule has 0 aliphatic carbocycles. The molecule has 96 valence electrons. The molecule has 1 N–H and O–H groups in total. The van der Waals surface area contributed by atoms with Crippen molar-refractivity contribution in [3.8, 4) is 11.8 Å². The number of hydrogen-bond acceptors (Lipinski definition) is 5. The van der Waals surface area contributed by atoms with Gasteiger partial charge in [0.2, 0.25) is 0 Å². The van der Waals surface area contributed by atoms with Crippen LogP contribution in [0.15, 0.2) is 36.7 Å². The van der Waals surface area contributed by atoms with Crippen LogP contribution < -0.4 is 10.1 Å². The highest BCUT2D eigenvalue weighted by molar-refractivity contribution is 5.61. The number of anilines is 2. The molecular formula is C14H14N4O. The van der Waals surface area contributed by atoms with E-state index in [2.05, 4.69) is 15.3 Å². The fourth-order valence-electron chi connectivity index (χ4n) is 1.54. The van der Waals surface area contributed by atoms with Gasteiger partial charge in [0.1, 0.15) is 11.8 Å². The molecule has 1 heterocycles. The zero-order valence-electron chi connectivity index (χ0n) is 10.8. The molecule has 0 spiro atoms. The highest BCUT2D eigenvalue weighted by Gasteiger charge is 2.04. The molecule has 0 unspecified atom stereocenters. The van der Waals surface area contributed by atoms with E-state index < -0.39 is 0 Å². The Morgan fingerprint density at radius 1 is 1.16 bits per heavy atom. The minimum atomic E-state index is 0.143. The fourth-order valence-corrected chi connectivity index (χ4v) is 1.54. The zero-order valence-corrected chi connectivity index (χ0v) is 10.8. The summed E-state index contributed by atoms with van der Waals surface area (Å²) in [6.07, 6.45) is 3.17. The molecule has 1 aromatic carbocycles. The van der Waals surface area contributed by atoms with Crippen LogP contribution in [-0.2, 0) is 0 Å². The van der Waals surface area contributed by atoms with Gasteiger partial charge in [-0.15, -0.1) is 0 Å². The normalized spacial score (nSPS) is 10.0. The highest BCUT2D eigenvalue weighted by Crippen LogP contribution is 2.20. The largest absolute Gasteiger partial charge is 0.491 e. The molecule has 5 nitrogen and oxygen atoms in total. The molecule has 0 atom stereocenters. The van der Waals surface area contributed by atoms with E-state index >= 15 is 0 Å². The van der Waals surface area contributed by atoms with Gasteiger partial charge in [0, 0.05) is 18.1 Å². The van der Waals surface area contributed by atoms with Crippen molar-refractivity contribution < 1.29 is 4.74 Å². The van der Waals surface area contributed by atoms with Crippen LogP contribution in [0.5, 0.6) is 5.75 Å². The molecular weight excluding hydrogens is 240 g/mol. The maximum Gasteiger partial charge on any atom is 0.183 e. The Bertz CT molecular complexity index is 587. The van der Waals surface area contributed by atoms with Crippen LogP contribution in [0.4, 0.5) is 11.5 Å². The molecule has 0 bridgehead atoms. The van der Waals surface area contributed by atoms with Crippen molar-refractivity contribution in [1.29, 1.82) is 5.26 Å². The molecule has 19 heavy (non-hydrogen) atoms. The van der Waals surface area contributed by atoms with E-state index in [4.69, 9.17) is 10.00 Å². The smallest absolute Gasteiger partial charge is 0.183 e. The summed E-state index contributed by atoms with van der Waals surface area (Å²) in [6.45, 7) is 3.95. The second kappa shape index (κ2) is 5.83. The fraction of sp³-hybridized carbons (Fsp3) is 0.214. The van der Waals surface area contributed by atoms with E-state index in [1.165, 1.54) is 6.20 Å². The maximum absolute atomic E-state index is 8.93. The van der Waals surface area contributed by atoms with Gasteiger partial charge in [0.25, 0.3) is 0 Å². The number of benzene rings is 1. The number of nitrogens with one attached hydrogen (secondary N) is 1. The Morgan fingerprint density at radius 2 is 1.84 bits per heavy atom. The minimum absolute atomic E-state index is 0.143. The Labute approximate surface area is 111 Å². The average molecular weight is 254 g/mol. The summed E-state index contributed by atoms with van der Waals surface area (Å²) in [5, 5.41) is 12.0. The van der Waals surface area contributed by atoms with Gasteiger partial charge in [-0.25, -0.2) is 9.97 Å². The van der Waals surface area contributed by atoms with Gasteiger partial charge in [-0.2, -0.15) is 5.26 Å². The lowest BCUT2D eigenvalue weighted by Crippen LogP contribution is -2.05. The predicted octanol–water partition coefficient (Wildman–Crippen LogP) is 2.88. The summed E-state index contributed by atoms with van der Waals surface area (Å²) in [6, 6.07) is 9.46. The first-order valence-corrected chi connectivity index (χ1v) is 5.94. The third-order valence-corrected chi connectivity index (χ3v) is 2.29. The quantitative estimate of drug-likeness (QED) is 0.908. The Kier molecular flexibility index (Phi) is 3.94. The van der Waals surface area contributed by atoms with Crippen molar-refractivity contribution in [2.75, 3.05) is 5.32 Å². The highest BCUT2D eigenvalue weighted by atomic mass is 16.5. The van der Waals surface area contributed by atoms with Crippen LogP contribution in [-0.4, -0.2) is 16.1 Å². The van der Waals surface area contributed by atoms with E-state index in [0.717, 1.165) is 11.4 Å². The third kappa shape index (κ3) is 3.42. The van der Waals surface area contributed by atoms with E-state index in [1.54, 1.807) is 6.20 Å². The standard InChI is InChI=1S/C14H14N4O/c1-10(2)19-12-5-3-11(4-6-12)18-14-13(9-15)16-7-8-17-14/h3-8,10H,1-2H3,(H,17,18). The first-order valence-electron chi connectivity index (χ1n) is 5.94. The summed E-state index contributed by atoms with van der Waals surface area (Å²) in [5.74, 6) is 1.25. The van der Waals surface area contributed by atoms with Gasteiger partial charge in [-0.05, 0) is 38.1 Å². The molecule has 0 aliphatic heterocycles. The van der Waals surface area contributed by atoms with Gasteiger partial charge >= 0.3 is 0 Å². The van der Waals surface area contributed by atoms with Crippen LogP contribution in [0.2, 0.25) is 0 Å². The molecule has 0 radical (unpaired) electrons. The van der Waals surface area contributed by atoms with Crippen LogP contribution in [0.25, 0.3) is 0 Å². The SMILES string of the molecule is CC(C)Oc1ccc(Nc2nccnc2C#N)cc1. The summed E-state index contributed by atoms with van der Waals surface area (Å²) in [4.78, 5) is 8.03. The van der Waals surface area contributed by atoms with E-state index in [1.807, 2.05) is 44.2 Å². The van der Waals surface area contributed by atoms with Crippen molar-refractivity contribution in [3.05, 3.63) is 42.4 Å². The van der Waals surface area contributed by atoms with Crippen molar-refractivity contribution in [2.24, 2.45) is 0 Å². The summed E-state index contributed by atoms with van der Waals surface area (Å²) in [7, 11) is 0. The van der Waals surface area contributed by atoms with Crippen LogP contribution in [0.3, 0.4) is 0 Å². The molecule has 0 aliphatic rings. The topological polar surface area (TPSA) is 70.8 Å². The van der Waals surface area contributed by atoms with Gasteiger partial charge in [0.15, 0.2) is 11.5 Å². The first kappa shape index (κ1) is 12.8. The number of rotatable bonds is 4. The van der Waals surface area contributed by atoms with Gasteiger partial charge in [-0.1, -0.05) is 0 Å². The molecule has 5 heteroatoms. The summed E-state index contributed by atoms with van der Waals surface area (Å²) < 4.78 is 5.56. The van der Waals surface area contributed by atoms with Crippen molar-refractivity contribution in [1.82, 2.24) is 9.97 Å². The molecule has 2 aromatic rings. The molecule has 2 rings (SSSR count). The van der Waals surface area contributed by atoms with Gasteiger partial charge < -0.3 is 10.1 Å². The number of ether oxygens (including phenoxy) is 1. The first-order chi connectivity index (χ1) is 9.19. The Morgan fingerprint density at radius 3 is 2.47 bits per heavy atom. The second-order valence-corrected chi connectivity index (χ2v) is 4.18. The number of nitriles is 1. The molecule has 0 amide bonds. The van der Waals surface area contributed by atoms with E-state index in [9.17, 15) is 0 Å². The van der Waals surface area contributed by atoms with Crippen LogP contribution in [0.1, 0.15) is 19.5 Å².